The minimum Gasteiger partial charge on any atom is -0.336 e. The number of aromatic nitrogens is 1. The fourth-order valence-corrected chi connectivity index (χ4v) is 4.40. The summed E-state index contributed by atoms with van der Waals surface area (Å²) in [6.45, 7) is 6.73. The van der Waals surface area contributed by atoms with Gasteiger partial charge in [-0.1, -0.05) is 6.92 Å². The highest BCUT2D eigenvalue weighted by Gasteiger charge is 2.23. The highest BCUT2D eigenvalue weighted by atomic mass is 32.1. The van der Waals surface area contributed by atoms with Crippen LogP contribution in [0.5, 0.6) is 0 Å². The van der Waals surface area contributed by atoms with E-state index >= 15 is 0 Å². The Kier molecular flexibility index (Phi) is 5.26. The number of nitrogens with zero attached hydrogens (tertiary/aromatic N) is 2. The fraction of sp³-hybridized carbons (Fsp3) is 0.500. The van der Waals surface area contributed by atoms with Crippen molar-refractivity contribution in [2.24, 2.45) is 0 Å². The van der Waals surface area contributed by atoms with Crippen LogP contribution < -0.4 is 10.6 Å². The molecule has 3 rings (SSSR count). The maximum Gasteiger partial charge on any atom is 0.315 e. The van der Waals surface area contributed by atoms with Crippen molar-refractivity contribution in [3.63, 3.8) is 0 Å². The Balaban J connectivity index is 1.82. The number of fused-ring (bicyclic) bond motifs is 1. The van der Waals surface area contributed by atoms with Crippen LogP contribution in [-0.4, -0.2) is 35.1 Å². The van der Waals surface area contributed by atoms with Gasteiger partial charge in [0.15, 0.2) is 0 Å². The number of carbonyl (C=O) groups excluding carboxylic acids is 1. The first-order chi connectivity index (χ1) is 11.6. The van der Waals surface area contributed by atoms with Crippen LogP contribution in [0.15, 0.2) is 24.5 Å². The molecule has 1 aliphatic rings. The zero-order valence-corrected chi connectivity index (χ0v) is 15.4. The molecule has 0 radical (unpaired) electrons. The Morgan fingerprint density at radius 1 is 1.38 bits per heavy atom. The number of hydrogen-bond acceptors (Lipinski definition) is 3. The van der Waals surface area contributed by atoms with E-state index in [-0.39, 0.29) is 12.1 Å². The van der Waals surface area contributed by atoms with Gasteiger partial charge >= 0.3 is 6.03 Å². The summed E-state index contributed by atoms with van der Waals surface area (Å²) in [6.07, 6.45) is 6.13. The Morgan fingerprint density at radius 2 is 2.12 bits per heavy atom. The summed E-state index contributed by atoms with van der Waals surface area (Å²) in [5, 5.41) is 7.24. The largest absolute Gasteiger partial charge is 0.336 e. The summed E-state index contributed by atoms with van der Waals surface area (Å²) in [6, 6.07) is 4.18. The van der Waals surface area contributed by atoms with Gasteiger partial charge in [-0.15, -0.1) is 11.3 Å². The zero-order chi connectivity index (χ0) is 17.1. The smallest absolute Gasteiger partial charge is 0.315 e. The Bertz CT molecular complexity index is 692. The van der Waals surface area contributed by atoms with Crippen LogP contribution >= 0.6 is 11.3 Å². The average molecular weight is 347 g/mol. The Morgan fingerprint density at radius 3 is 2.83 bits per heavy atom. The van der Waals surface area contributed by atoms with Gasteiger partial charge in [0.1, 0.15) is 5.00 Å². The van der Waals surface area contributed by atoms with Gasteiger partial charge in [0, 0.05) is 48.5 Å². The third kappa shape index (κ3) is 3.65. The molecule has 0 saturated heterocycles. The van der Waals surface area contributed by atoms with E-state index in [1.807, 2.05) is 30.4 Å². The second-order valence-corrected chi connectivity index (χ2v) is 7.59. The van der Waals surface area contributed by atoms with Crippen molar-refractivity contribution in [2.45, 2.75) is 45.8 Å². The predicted octanol–water partition coefficient (Wildman–Crippen LogP) is 3.12. The summed E-state index contributed by atoms with van der Waals surface area (Å²) in [5.41, 5.74) is 2.68. The van der Waals surface area contributed by atoms with E-state index in [1.165, 1.54) is 21.0 Å². The van der Waals surface area contributed by atoms with Crippen molar-refractivity contribution >= 4 is 17.4 Å². The van der Waals surface area contributed by atoms with E-state index in [1.54, 1.807) is 0 Å². The number of thiophene rings is 1. The van der Waals surface area contributed by atoms with E-state index in [0.29, 0.717) is 6.54 Å². The number of urea groups is 1. The van der Waals surface area contributed by atoms with Crippen molar-refractivity contribution in [1.29, 1.82) is 0 Å². The van der Waals surface area contributed by atoms with Gasteiger partial charge in [-0.2, -0.15) is 0 Å². The second-order valence-electron chi connectivity index (χ2n) is 6.50. The first-order valence-corrected chi connectivity index (χ1v) is 9.39. The molecule has 0 fully saturated rings. The molecule has 2 amide bonds. The quantitative estimate of drug-likeness (QED) is 0.874. The third-order valence-electron chi connectivity index (χ3n) is 4.59. The lowest BCUT2D eigenvalue weighted by Crippen LogP contribution is -2.40. The molecule has 0 spiro atoms. The molecule has 0 bridgehead atoms. The van der Waals surface area contributed by atoms with Gasteiger partial charge in [-0.25, -0.2) is 4.79 Å². The molecule has 2 aromatic rings. The molecule has 2 N–H and O–H groups in total. The molecular formula is C18H26N4OS. The van der Waals surface area contributed by atoms with Crippen molar-refractivity contribution in [1.82, 2.24) is 20.1 Å². The lowest BCUT2D eigenvalue weighted by molar-refractivity contribution is 0.237. The highest BCUT2D eigenvalue weighted by molar-refractivity contribution is 7.14. The van der Waals surface area contributed by atoms with Crippen LogP contribution in [0, 0.1) is 0 Å². The minimum absolute atomic E-state index is 0.0873. The Labute approximate surface area is 147 Å². The number of likely N-dealkylation sites (N-methyl/N-ethyl adjacent to an activating group) is 1. The Hall–Kier alpha value is -1.79. The van der Waals surface area contributed by atoms with Gasteiger partial charge in [0.2, 0.25) is 0 Å². The number of amides is 2. The first kappa shape index (κ1) is 17.0. The summed E-state index contributed by atoms with van der Waals surface area (Å²) < 4.78 is 2.16. The molecule has 2 aromatic heterocycles. The van der Waals surface area contributed by atoms with Crippen molar-refractivity contribution in [3.8, 4) is 5.00 Å². The molecular weight excluding hydrogens is 320 g/mol. The number of carbonyl (C=O) groups is 1. The van der Waals surface area contributed by atoms with Gasteiger partial charge in [0.05, 0.1) is 0 Å². The van der Waals surface area contributed by atoms with E-state index in [4.69, 9.17) is 0 Å². The second kappa shape index (κ2) is 7.40. The summed E-state index contributed by atoms with van der Waals surface area (Å²) in [5.74, 6) is 0. The van der Waals surface area contributed by atoms with E-state index in [9.17, 15) is 4.79 Å². The van der Waals surface area contributed by atoms with Crippen molar-refractivity contribution in [2.75, 3.05) is 13.6 Å². The molecule has 1 aliphatic heterocycles. The molecule has 0 aromatic carbocycles. The predicted molar refractivity (Wildman–Crippen MR) is 98.8 cm³/mol. The molecule has 6 heteroatoms. The van der Waals surface area contributed by atoms with Crippen molar-refractivity contribution < 1.29 is 4.79 Å². The lowest BCUT2D eigenvalue weighted by Gasteiger charge is -2.23. The van der Waals surface area contributed by atoms with Crippen LogP contribution in [0.3, 0.4) is 0 Å². The minimum atomic E-state index is -0.0873. The van der Waals surface area contributed by atoms with Gasteiger partial charge < -0.3 is 20.1 Å². The summed E-state index contributed by atoms with van der Waals surface area (Å²) in [4.78, 5) is 15.9. The van der Waals surface area contributed by atoms with Crippen LogP contribution in [0.2, 0.25) is 0 Å². The maximum atomic E-state index is 12.1. The SMILES string of the molecule is CC[C@@H](C)NC(=O)NCc1c(-n2cccc2)sc2c1CCN(C)C2. The van der Waals surface area contributed by atoms with E-state index < -0.39 is 0 Å². The topological polar surface area (TPSA) is 49.3 Å². The lowest BCUT2D eigenvalue weighted by atomic mass is 10.0. The molecule has 0 saturated carbocycles. The maximum absolute atomic E-state index is 12.1. The molecule has 3 heterocycles. The monoisotopic (exact) mass is 346 g/mol. The van der Waals surface area contributed by atoms with Crippen LogP contribution in [0.1, 0.15) is 36.3 Å². The summed E-state index contributed by atoms with van der Waals surface area (Å²) in [7, 11) is 2.16. The van der Waals surface area contributed by atoms with Gasteiger partial charge in [0.25, 0.3) is 0 Å². The van der Waals surface area contributed by atoms with Crippen LogP contribution in [0.4, 0.5) is 4.79 Å². The molecule has 130 valence electrons. The molecule has 1 atom stereocenters. The fourth-order valence-electron chi connectivity index (χ4n) is 2.99. The average Bonchev–Trinajstić information content (AvgIpc) is 3.19. The highest BCUT2D eigenvalue weighted by Crippen LogP contribution is 2.35. The third-order valence-corrected chi connectivity index (χ3v) is 5.86. The number of hydrogen-bond donors (Lipinski definition) is 2. The summed E-state index contributed by atoms with van der Waals surface area (Å²) >= 11 is 1.84. The molecule has 0 unspecified atom stereocenters. The van der Waals surface area contributed by atoms with Gasteiger partial charge in [-0.3, -0.25) is 0 Å². The zero-order valence-electron chi connectivity index (χ0n) is 14.6. The number of rotatable bonds is 5. The normalized spacial score (nSPS) is 15.8. The van der Waals surface area contributed by atoms with Crippen molar-refractivity contribution in [3.05, 3.63) is 40.5 Å². The molecule has 5 nitrogen and oxygen atoms in total. The number of nitrogens with one attached hydrogen (secondary N) is 2. The van der Waals surface area contributed by atoms with E-state index in [0.717, 1.165) is 25.9 Å². The van der Waals surface area contributed by atoms with E-state index in [2.05, 4.69) is 46.5 Å². The van der Waals surface area contributed by atoms with Crippen LogP contribution in [-0.2, 0) is 19.5 Å². The first-order valence-electron chi connectivity index (χ1n) is 8.58. The standard InChI is InChI=1S/C18H26N4OS/c1-4-13(2)20-18(23)19-11-15-14-7-10-21(3)12-16(14)24-17(15)22-8-5-6-9-22/h5-6,8-9,13H,4,7,10-12H2,1-3H3,(H2,19,20,23)/t13-/m1/s1. The molecule has 24 heavy (non-hydrogen) atoms. The van der Waals surface area contributed by atoms with Gasteiger partial charge in [-0.05, 0) is 44.5 Å². The van der Waals surface area contributed by atoms with Crippen LogP contribution in [0.25, 0.3) is 5.00 Å². The molecule has 0 aliphatic carbocycles.